The smallest absolute Gasteiger partial charge is 0.0850 e. The summed E-state index contributed by atoms with van der Waals surface area (Å²) in [6.07, 6.45) is 2.31. The molecular weight excluding hydrogens is 236 g/mol. The minimum absolute atomic E-state index is 0.235. The number of hydrogen-bond donors (Lipinski definition) is 1. The van der Waals surface area contributed by atoms with Gasteiger partial charge in [-0.2, -0.15) is 5.10 Å². The van der Waals surface area contributed by atoms with Gasteiger partial charge in [0.25, 0.3) is 0 Å². The van der Waals surface area contributed by atoms with Crippen molar-refractivity contribution in [3.8, 4) is 0 Å². The number of aromatic nitrogens is 2. The van der Waals surface area contributed by atoms with Crippen molar-refractivity contribution in [2.45, 2.75) is 52.6 Å². The molecule has 0 aliphatic carbocycles. The molecule has 1 aromatic heterocycles. The Morgan fingerprint density at radius 3 is 2.47 bits per heavy atom. The Hall–Kier alpha value is -0.540. The number of hydrogen-bond acceptors (Lipinski definition) is 2. The molecule has 17 heavy (non-hydrogen) atoms. The summed E-state index contributed by atoms with van der Waals surface area (Å²) in [6, 6.07) is 0. The summed E-state index contributed by atoms with van der Waals surface area (Å²) in [4.78, 5) is 0. The normalized spacial score (nSPS) is 16.9. The largest absolute Gasteiger partial charge is 0.389 e. The molecule has 1 aromatic rings. The Morgan fingerprint density at radius 1 is 1.47 bits per heavy atom. The lowest BCUT2D eigenvalue weighted by Crippen LogP contribution is -2.35. The average molecular weight is 259 g/mol. The molecule has 1 rings (SSSR count). The van der Waals surface area contributed by atoms with E-state index in [1.54, 1.807) is 4.68 Å². The van der Waals surface area contributed by atoms with Crippen molar-refractivity contribution < 1.29 is 5.11 Å². The minimum Gasteiger partial charge on any atom is -0.389 e. The Kier molecular flexibility index (Phi) is 4.62. The first-order chi connectivity index (χ1) is 7.83. The molecule has 3 nitrogen and oxygen atoms in total. The molecule has 0 spiro atoms. The molecular formula is C13H23ClN2O. The van der Waals surface area contributed by atoms with Crippen LogP contribution in [0.2, 0.25) is 5.02 Å². The second-order valence-electron chi connectivity index (χ2n) is 5.03. The van der Waals surface area contributed by atoms with E-state index in [1.165, 1.54) is 0 Å². The van der Waals surface area contributed by atoms with Crippen molar-refractivity contribution >= 4 is 11.6 Å². The van der Waals surface area contributed by atoms with Crippen LogP contribution in [0.1, 0.15) is 45.5 Å². The minimum atomic E-state index is -0.739. The van der Waals surface area contributed by atoms with E-state index in [0.717, 1.165) is 24.2 Å². The Balaban J connectivity index is 2.99. The summed E-state index contributed by atoms with van der Waals surface area (Å²) in [7, 11) is 1.88. The summed E-state index contributed by atoms with van der Waals surface area (Å²) in [6.45, 7) is 8.05. The lowest BCUT2D eigenvalue weighted by atomic mass is 9.85. The zero-order valence-electron chi connectivity index (χ0n) is 11.4. The maximum absolute atomic E-state index is 10.5. The first-order valence-electron chi connectivity index (χ1n) is 6.26. The fourth-order valence-corrected chi connectivity index (χ4v) is 2.33. The summed E-state index contributed by atoms with van der Waals surface area (Å²) < 4.78 is 1.79. The molecule has 0 saturated carbocycles. The molecule has 2 unspecified atom stereocenters. The third-order valence-electron chi connectivity index (χ3n) is 3.70. The van der Waals surface area contributed by atoms with Crippen LogP contribution in [0.25, 0.3) is 0 Å². The molecule has 98 valence electrons. The van der Waals surface area contributed by atoms with Gasteiger partial charge in [0.1, 0.15) is 0 Å². The molecule has 0 bridgehead atoms. The van der Waals surface area contributed by atoms with Crippen LogP contribution < -0.4 is 0 Å². The van der Waals surface area contributed by atoms with E-state index < -0.39 is 5.60 Å². The summed E-state index contributed by atoms with van der Waals surface area (Å²) in [5.41, 5.74) is 1.09. The number of aryl methyl sites for hydroxylation is 2. The van der Waals surface area contributed by atoms with Gasteiger partial charge in [-0.25, -0.2) is 0 Å². The second-order valence-corrected chi connectivity index (χ2v) is 5.41. The van der Waals surface area contributed by atoms with Gasteiger partial charge in [-0.15, -0.1) is 0 Å². The average Bonchev–Trinajstić information content (AvgIpc) is 2.54. The van der Waals surface area contributed by atoms with Crippen LogP contribution in [0.5, 0.6) is 0 Å². The van der Waals surface area contributed by atoms with Crippen LogP contribution in [0.3, 0.4) is 0 Å². The monoisotopic (exact) mass is 258 g/mol. The van der Waals surface area contributed by atoms with E-state index in [-0.39, 0.29) is 5.92 Å². The molecule has 0 saturated heterocycles. The van der Waals surface area contributed by atoms with Gasteiger partial charge in [-0.1, -0.05) is 38.8 Å². The fraction of sp³-hybridized carbons (Fsp3) is 0.769. The first kappa shape index (κ1) is 14.5. The van der Waals surface area contributed by atoms with Crippen molar-refractivity contribution in [3.05, 3.63) is 16.4 Å². The van der Waals surface area contributed by atoms with E-state index in [2.05, 4.69) is 18.9 Å². The highest BCUT2D eigenvalue weighted by molar-refractivity contribution is 6.31. The lowest BCUT2D eigenvalue weighted by molar-refractivity contribution is 0.00361. The number of halogens is 1. The van der Waals surface area contributed by atoms with E-state index in [0.29, 0.717) is 11.4 Å². The molecule has 0 radical (unpaired) electrons. The van der Waals surface area contributed by atoms with Crippen LogP contribution in [-0.4, -0.2) is 20.5 Å². The van der Waals surface area contributed by atoms with E-state index >= 15 is 0 Å². The SMILES string of the molecule is CCc1nn(C)c(CC(C)(O)C(C)CC)c1Cl. The third-order valence-corrected chi connectivity index (χ3v) is 4.14. The van der Waals surface area contributed by atoms with Crippen molar-refractivity contribution in [3.63, 3.8) is 0 Å². The predicted octanol–water partition coefficient (Wildman–Crippen LogP) is 2.98. The van der Waals surface area contributed by atoms with Gasteiger partial charge >= 0.3 is 0 Å². The Morgan fingerprint density at radius 2 is 2.06 bits per heavy atom. The summed E-state index contributed by atoms with van der Waals surface area (Å²) in [5, 5.41) is 15.5. The maximum Gasteiger partial charge on any atom is 0.0850 e. The van der Waals surface area contributed by atoms with Crippen molar-refractivity contribution in [1.82, 2.24) is 9.78 Å². The molecule has 1 heterocycles. The highest BCUT2D eigenvalue weighted by Crippen LogP contribution is 2.29. The number of nitrogens with zero attached hydrogens (tertiary/aromatic N) is 2. The van der Waals surface area contributed by atoms with Crippen molar-refractivity contribution in [2.75, 3.05) is 0 Å². The Bertz CT molecular complexity index is 385. The number of aliphatic hydroxyl groups is 1. The summed E-state index contributed by atoms with van der Waals surface area (Å²) in [5.74, 6) is 0.235. The van der Waals surface area contributed by atoms with E-state index in [9.17, 15) is 5.11 Å². The molecule has 0 fully saturated rings. The highest BCUT2D eigenvalue weighted by Gasteiger charge is 2.30. The standard InChI is InChI=1S/C13H23ClN2O/c1-6-9(3)13(4,17)8-11-12(14)10(7-2)15-16(11)5/h9,17H,6-8H2,1-5H3. The molecule has 0 aromatic carbocycles. The molecule has 0 amide bonds. The quantitative estimate of drug-likeness (QED) is 0.882. The maximum atomic E-state index is 10.5. The Labute approximate surface area is 109 Å². The van der Waals surface area contributed by atoms with E-state index in [4.69, 9.17) is 11.6 Å². The third kappa shape index (κ3) is 3.02. The van der Waals surface area contributed by atoms with Crippen LogP contribution in [0.15, 0.2) is 0 Å². The molecule has 4 heteroatoms. The van der Waals surface area contributed by atoms with Gasteiger partial charge in [0.05, 0.1) is 22.0 Å². The molecule has 0 aliphatic heterocycles. The van der Waals surface area contributed by atoms with Crippen LogP contribution in [0.4, 0.5) is 0 Å². The predicted molar refractivity (Wildman–Crippen MR) is 71.4 cm³/mol. The van der Waals surface area contributed by atoms with E-state index in [1.807, 2.05) is 20.9 Å². The van der Waals surface area contributed by atoms with Gasteiger partial charge in [0.2, 0.25) is 0 Å². The van der Waals surface area contributed by atoms with Gasteiger partial charge < -0.3 is 5.11 Å². The number of rotatable bonds is 5. The summed E-state index contributed by atoms with van der Waals surface area (Å²) >= 11 is 6.29. The molecule has 0 aliphatic rings. The fourth-order valence-electron chi connectivity index (χ4n) is 1.96. The van der Waals surface area contributed by atoms with Crippen LogP contribution in [0, 0.1) is 5.92 Å². The van der Waals surface area contributed by atoms with Gasteiger partial charge in [-0.05, 0) is 19.3 Å². The molecule has 1 N–H and O–H groups in total. The van der Waals surface area contributed by atoms with Crippen molar-refractivity contribution in [1.29, 1.82) is 0 Å². The molecule has 2 atom stereocenters. The van der Waals surface area contributed by atoms with Gasteiger partial charge in [-0.3, -0.25) is 4.68 Å². The van der Waals surface area contributed by atoms with Gasteiger partial charge in [0.15, 0.2) is 0 Å². The van der Waals surface area contributed by atoms with Crippen LogP contribution >= 0.6 is 11.6 Å². The zero-order chi connectivity index (χ0) is 13.2. The first-order valence-corrected chi connectivity index (χ1v) is 6.63. The van der Waals surface area contributed by atoms with Crippen LogP contribution in [-0.2, 0) is 19.9 Å². The topological polar surface area (TPSA) is 38.0 Å². The van der Waals surface area contributed by atoms with Gasteiger partial charge in [0, 0.05) is 13.5 Å². The lowest BCUT2D eigenvalue weighted by Gasteiger charge is -2.29. The second kappa shape index (κ2) is 5.40. The van der Waals surface area contributed by atoms with Crippen molar-refractivity contribution in [2.24, 2.45) is 13.0 Å². The highest BCUT2D eigenvalue weighted by atomic mass is 35.5. The zero-order valence-corrected chi connectivity index (χ0v) is 12.2.